The maximum absolute atomic E-state index is 5.38. The first kappa shape index (κ1) is 15.9. The monoisotopic (exact) mass is 325 g/mol. The smallest absolute Gasteiger partial charge is 0.324 e. The van der Waals surface area contributed by atoms with Crippen molar-refractivity contribution in [2.24, 2.45) is 0 Å². The molecule has 2 aromatic carbocycles. The molecule has 6 heteroatoms. The summed E-state index contributed by atoms with van der Waals surface area (Å²) in [6, 6.07) is 16.1. The van der Waals surface area contributed by atoms with Gasteiger partial charge in [0.25, 0.3) is 0 Å². The van der Waals surface area contributed by atoms with Crippen molar-refractivity contribution in [1.29, 1.82) is 0 Å². The SMILES string of the molecule is COc1ccc(-c2noc(N(C)Cc3ccccc3)n2)cc1OC. The van der Waals surface area contributed by atoms with Crippen LogP contribution in [0.15, 0.2) is 53.1 Å². The molecule has 1 aromatic heterocycles. The molecule has 0 amide bonds. The molecule has 3 rings (SSSR count). The summed E-state index contributed by atoms with van der Waals surface area (Å²) in [5.41, 5.74) is 1.97. The quantitative estimate of drug-likeness (QED) is 0.692. The topological polar surface area (TPSA) is 60.6 Å². The highest BCUT2D eigenvalue weighted by Gasteiger charge is 2.14. The van der Waals surface area contributed by atoms with E-state index < -0.39 is 0 Å². The van der Waals surface area contributed by atoms with Crippen LogP contribution in [0.25, 0.3) is 11.4 Å². The van der Waals surface area contributed by atoms with E-state index in [2.05, 4.69) is 22.3 Å². The Balaban J connectivity index is 1.80. The highest BCUT2D eigenvalue weighted by Crippen LogP contribution is 2.31. The maximum atomic E-state index is 5.38. The van der Waals surface area contributed by atoms with Crippen LogP contribution in [0.3, 0.4) is 0 Å². The average molecular weight is 325 g/mol. The lowest BCUT2D eigenvalue weighted by atomic mass is 10.2. The maximum Gasteiger partial charge on any atom is 0.324 e. The normalized spacial score (nSPS) is 10.5. The molecule has 0 radical (unpaired) electrons. The minimum Gasteiger partial charge on any atom is -0.493 e. The molecule has 124 valence electrons. The molecule has 0 spiro atoms. The van der Waals surface area contributed by atoms with Gasteiger partial charge in [-0.25, -0.2) is 0 Å². The van der Waals surface area contributed by atoms with E-state index in [0.29, 0.717) is 29.9 Å². The fraction of sp³-hybridized carbons (Fsp3) is 0.222. The van der Waals surface area contributed by atoms with Crippen molar-refractivity contribution in [1.82, 2.24) is 10.1 Å². The van der Waals surface area contributed by atoms with Gasteiger partial charge in [0, 0.05) is 19.2 Å². The average Bonchev–Trinajstić information content (AvgIpc) is 3.12. The van der Waals surface area contributed by atoms with Crippen LogP contribution in [0.1, 0.15) is 5.56 Å². The molecule has 0 N–H and O–H groups in total. The summed E-state index contributed by atoms with van der Waals surface area (Å²) in [6.07, 6.45) is 0. The van der Waals surface area contributed by atoms with Gasteiger partial charge < -0.3 is 18.9 Å². The zero-order valence-electron chi connectivity index (χ0n) is 13.9. The molecule has 0 saturated carbocycles. The first-order valence-corrected chi connectivity index (χ1v) is 7.52. The van der Waals surface area contributed by atoms with Crippen molar-refractivity contribution < 1.29 is 14.0 Å². The number of hydrogen-bond donors (Lipinski definition) is 0. The molecule has 0 aliphatic rings. The van der Waals surface area contributed by atoms with Gasteiger partial charge >= 0.3 is 6.01 Å². The van der Waals surface area contributed by atoms with Crippen molar-refractivity contribution in [3.05, 3.63) is 54.1 Å². The van der Waals surface area contributed by atoms with Crippen molar-refractivity contribution in [3.8, 4) is 22.9 Å². The van der Waals surface area contributed by atoms with E-state index in [1.165, 1.54) is 5.56 Å². The lowest BCUT2D eigenvalue weighted by molar-refractivity contribution is 0.355. The fourth-order valence-corrected chi connectivity index (χ4v) is 2.39. The highest BCUT2D eigenvalue weighted by molar-refractivity contribution is 5.61. The number of benzene rings is 2. The Morgan fingerprint density at radius 1 is 1.00 bits per heavy atom. The van der Waals surface area contributed by atoms with Gasteiger partial charge in [0.15, 0.2) is 11.5 Å². The number of rotatable bonds is 6. The van der Waals surface area contributed by atoms with Crippen LogP contribution < -0.4 is 14.4 Å². The van der Waals surface area contributed by atoms with Crippen molar-refractivity contribution in [2.45, 2.75) is 6.54 Å². The van der Waals surface area contributed by atoms with E-state index >= 15 is 0 Å². The van der Waals surface area contributed by atoms with E-state index in [1.54, 1.807) is 14.2 Å². The Hall–Kier alpha value is -3.02. The molecule has 1 heterocycles. The van der Waals surface area contributed by atoms with Gasteiger partial charge in [-0.2, -0.15) is 4.98 Å². The van der Waals surface area contributed by atoms with Crippen LogP contribution in [-0.2, 0) is 6.54 Å². The molecule has 0 atom stereocenters. The molecular weight excluding hydrogens is 306 g/mol. The third-order valence-electron chi connectivity index (χ3n) is 3.65. The first-order valence-electron chi connectivity index (χ1n) is 7.52. The largest absolute Gasteiger partial charge is 0.493 e. The van der Waals surface area contributed by atoms with Crippen LogP contribution in [0.5, 0.6) is 11.5 Å². The summed E-state index contributed by atoms with van der Waals surface area (Å²) >= 11 is 0. The number of ether oxygens (including phenoxy) is 2. The number of aromatic nitrogens is 2. The van der Waals surface area contributed by atoms with Crippen LogP contribution in [0.2, 0.25) is 0 Å². The summed E-state index contributed by atoms with van der Waals surface area (Å²) in [7, 11) is 5.11. The Morgan fingerprint density at radius 3 is 2.46 bits per heavy atom. The number of methoxy groups -OCH3 is 2. The molecule has 0 fully saturated rings. The second kappa shape index (κ2) is 7.04. The molecule has 6 nitrogen and oxygen atoms in total. The Kier molecular flexibility index (Phi) is 4.65. The van der Waals surface area contributed by atoms with Gasteiger partial charge in [-0.1, -0.05) is 35.5 Å². The predicted molar refractivity (Wildman–Crippen MR) is 91.4 cm³/mol. The number of anilines is 1. The number of nitrogens with zero attached hydrogens (tertiary/aromatic N) is 3. The van der Waals surface area contributed by atoms with E-state index in [0.717, 1.165) is 5.56 Å². The van der Waals surface area contributed by atoms with Crippen LogP contribution in [0, 0.1) is 0 Å². The lowest BCUT2D eigenvalue weighted by Gasteiger charge is -2.13. The molecule has 3 aromatic rings. The van der Waals surface area contributed by atoms with Crippen molar-refractivity contribution in [2.75, 3.05) is 26.2 Å². The van der Waals surface area contributed by atoms with Crippen LogP contribution >= 0.6 is 0 Å². The fourth-order valence-electron chi connectivity index (χ4n) is 2.39. The number of hydrogen-bond acceptors (Lipinski definition) is 6. The lowest BCUT2D eigenvalue weighted by Crippen LogP contribution is -2.16. The Morgan fingerprint density at radius 2 is 1.75 bits per heavy atom. The zero-order chi connectivity index (χ0) is 16.9. The van der Waals surface area contributed by atoms with Crippen LogP contribution in [0.4, 0.5) is 6.01 Å². The molecule has 0 bridgehead atoms. The minimum atomic E-state index is 0.462. The third kappa shape index (κ3) is 3.32. The van der Waals surface area contributed by atoms with E-state index in [1.807, 2.05) is 48.3 Å². The van der Waals surface area contributed by atoms with Crippen LogP contribution in [-0.4, -0.2) is 31.4 Å². The second-order valence-electron chi connectivity index (χ2n) is 5.31. The van der Waals surface area contributed by atoms with Gasteiger partial charge in [-0.05, 0) is 23.8 Å². The van der Waals surface area contributed by atoms with Gasteiger partial charge in [-0.3, -0.25) is 0 Å². The minimum absolute atomic E-state index is 0.462. The highest BCUT2D eigenvalue weighted by atomic mass is 16.5. The van der Waals surface area contributed by atoms with Crippen molar-refractivity contribution >= 4 is 6.01 Å². The summed E-state index contributed by atoms with van der Waals surface area (Å²) in [4.78, 5) is 6.37. The zero-order valence-corrected chi connectivity index (χ0v) is 13.9. The Bertz CT molecular complexity index is 802. The van der Waals surface area contributed by atoms with E-state index in [-0.39, 0.29) is 0 Å². The van der Waals surface area contributed by atoms with E-state index in [9.17, 15) is 0 Å². The summed E-state index contributed by atoms with van der Waals surface area (Å²) in [6.45, 7) is 0.689. The van der Waals surface area contributed by atoms with Gasteiger partial charge in [0.1, 0.15) is 0 Å². The summed E-state index contributed by atoms with van der Waals surface area (Å²) < 4.78 is 15.9. The summed E-state index contributed by atoms with van der Waals surface area (Å²) in [5.74, 6) is 1.79. The summed E-state index contributed by atoms with van der Waals surface area (Å²) in [5, 5.41) is 4.06. The molecule has 0 unspecified atom stereocenters. The standard InChI is InChI=1S/C18H19N3O3/c1-21(12-13-7-5-4-6-8-13)18-19-17(20-24-18)14-9-10-15(22-2)16(11-14)23-3/h4-11H,12H2,1-3H3. The Labute approximate surface area is 140 Å². The third-order valence-corrected chi connectivity index (χ3v) is 3.65. The van der Waals surface area contributed by atoms with Crippen molar-refractivity contribution in [3.63, 3.8) is 0 Å². The molecule has 0 aliphatic carbocycles. The molecular formula is C18H19N3O3. The van der Waals surface area contributed by atoms with E-state index in [4.69, 9.17) is 14.0 Å². The van der Waals surface area contributed by atoms with Gasteiger partial charge in [0.05, 0.1) is 14.2 Å². The first-order chi connectivity index (χ1) is 11.7. The molecule has 0 aliphatic heterocycles. The van der Waals surface area contributed by atoms with Gasteiger partial charge in [-0.15, -0.1) is 0 Å². The predicted octanol–water partition coefficient (Wildman–Crippen LogP) is 3.39. The molecule has 0 saturated heterocycles. The van der Waals surface area contributed by atoms with Gasteiger partial charge in [0.2, 0.25) is 5.82 Å². The second-order valence-corrected chi connectivity index (χ2v) is 5.31. The molecule has 24 heavy (non-hydrogen) atoms.